The molecule has 0 aromatic heterocycles. The van der Waals surface area contributed by atoms with Gasteiger partial charge in [0, 0.05) is 4.47 Å². The van der Waals surface area contributed by atoms with Crippen molar-refractivity contribution in [3.05, 3.63) is 28.7 Å². The molecule has 96 valence electrons. The van der Waals surface area contributed by atoms with Crippen LogP contribution >= 0.6 is 15.9 Å². The minimum absolute atomic E-state index is 0.111. The third-order valence-electron chi connectivity index (χ3n) is 1.93. The van der Waals surface area contributed by atoms with Gasteiger partial charge in [-0.25, -0.2) is 13.2 Å². The van der Waals surface area contributed by atoms with Crippen molar-refractivity contribution in [1.29, 1.82) is 5.26 Å². The number of hydrogen-bond donors (Lipinski definition) is 0. The Hall–Kier alpha value is -1.59. The molecule has 0 aliphatic rings. The maximum absolute atomic E-state index is 11.8. The van der Waals surface area contributed by atoms with E-state index in [0.29, 0.717) is 4.31 Å². The molecule has 0 unspecified atom stereocenters. The molecule has 18 heavy (non-hydrogen) atoms. The normalized spacial score (nSPS) is 10.5. The summed E-state index contributed by atoms with van der Waals surface area (Å²) in [6, 6.07) is 7.51. The van der Waals surface area contributed by atoms with Crippen LogP contribution in [0, 0.1) is 11.3 Å². The molecule has 0 fully saturated rings. The largest absolute Gasteiger partial charge is 0.452 e. The highest BCUT2D eigenvalue weighted by atomic mass is 79.9. The zero-order valence-corrected chi connectivity index (χ0v) is 11.7. The lowest BCUT2D eigenvalue weighted by atomic mass is 10.3. The van der Waals surface area contributed by atoms with Crippen LogP contribution in [0.15, 0.2) is 28.7 Å². The van der Waals surface area contributed by atoms with Gasteiger partial charge in [0.1, 0.15) is 0 Å². The summed E-state index contributed by atoms with van der Waals surface area (Å²) in [5, 5.41) is 8.48. The molecule has 0 saturated carbocycles. The van der Waals surface area contributed by atoms with Crippen LogP contribution in [0.5, 0.6) is 0 Å². The van der Waals surface area contributed by atoms with E-state index >= 15 is 0 Å². The number of methoxy groups -OCH3 is 1. The van der Waals surface area contributed by atoms with E-state index in [2.05, 4.69) is 20.7 Å². The van der Waals surface area contributed by atoms with Gasteiger partial charge in [0.2, 0.25) is 0 Å². The molecule has 0 saturated heterocycles. The summed E-state index contributed by atoms with van der Waals surface area (Å²) in [7, 11) is -3.00. The van der Waals surface area contributed by atoms with Crippen molar-refractivity contribution in [3.63, 3.8) is 0 Å². The molecular formula is C10H9BrN2O4S. The number of sulfonamides is 1. The smallest absolute Gasteiger partial charge is 0.428 e. The van der Waals surface area contributed by atoms with Crippen LogP contribution in [0.3, 0.4) is 0 Å². The van der Waals surface area contributed by atoms with Gasteiger partial charge in [-0.3, -0.25) is 0 Å². The second kappa shape index (κ2) is 5.84. The minimum atomic E-state index is -4.07. The second-order valence-electron chi connectivity index (χ2n) is 3.13. The van der Waals surface area contributed by atoms with E-state index in [-0.39, 0.29) is 5.69 Å². The monoisotopic (exact) mass is 332 g/mol. The van der Waals surface area contributed by atoms with E-state index in [4.69, 9.17) is 5.26 Å². The summed E-state index contributed by atoms with van der Waals surface area (Å²) < 4.78 is 29.2. The van der Waals surface area contributed by atoms with Gasteiger partial charge in [-0.1, -0.05) is 15.9 Å². The zero-order valence-electron chi connectivity index (χ0n) is 9.33. The Bertz CT molecular complexity index is 577. The highest BCUT2D eigenvalue weighted by Crippen LogP contribution is 2.22. The molecule has 1 aromatic rings. The number of rotatable bonds is 3. The lowest BCUT2D eigenvalue weighted by Gasteiger charge is -2.19. The Morgan fingerprint density at radius 2 is 2.00 bits per heavy atom. The van der Waals surface area contributed by atoms with Crippen molar-refractivity contribution in [3.8, 4) is 6.07 Å². The third kappa shape index (κ3) is 3.21. The van der Waals surface area contributed by atoms with Crippen LogP contribution < -0.4 is 4.31 Å². The van der Waals surface area contributed by atoms with Crippen LogP contribution in [-0.2, 0) is 14.8 Å². The van der Waals surface area contributed by atoms with Crippen molar-refractivity contribution >= 4 is 37.7 Å². The molecule has 1 rings (SSSR count). The molecule has 0 aliphatic carbocycles. The first-order valence-electron chi connectivity index (χ1n) is 4.66. The summed E-state index contributed by atoms with van der Waals surface area (Å²) in [4.78, 5) is 11.5. The third-order valence-corrected chi connectivity index (χ3v) is 3.87. The van der Waals surface area contributed by atoms with Gasteiger partial charge >= 0.3 is 6.09 Å². The van der Waals surface area contributed by atoms with Crippen LogP contribution in [0.25, 0.3) is 0 Å². The van der Waals surface area contributed by atoms with Gasteiger partial charge in [-0.05, 0) is 24.3 Å². The maximum atomic E-state index is 11.8. The fraction of sp³-hybridized carbons (Fsp3) is 0.200. The van der Waals surface area contributed by atoms with Gasteiger partial charge in [0.05, 0.1) is 18.9 Å². The summed E-state index contributed by atoms with van der Waals surface area (Å²) in [6.45, 7) is 0. The van der Waals surface area contributed by atoms with Crippen LogP contribution in [0.4, 0.5) is 10.5 Å². The average molecular weight is 333 g/mol. The Morgan fingerprint density at radius 3 is 2.44 bits per heavy atom. The first-order chi connectivity index (χ1) is 8.42. The molecule has 1 amide bonds. The zero-order chi connectivity index (χ0) is 13.8. The predicted molar refractivity (Wildman–Crippen MR) is 68.4 cm³/mol. The Morgan fingerprint density at radius 1 is 1.44 bits per heavy atom. The highest BCUT2D eigenvalue weighted by molar-refractivity contribution is 9.10. The second-order valence-corrected chi connectivity index (χ2v) is 5.86. The number of carbonyl (C=O) groups excluding carboxylic acids is 1. The molecule has 0 radical (unpaired) electrons. The molecule has 0 bridgehead atoms. The van der Waals surface area contributed by atoms with E-state index in [1.54, 1.807) is 12.1 Å². The summed E-state index contributed by atoms with van der Waals surface area (Å²) in [6.07, 6.45) is -1.06. The topological polar surface area (TPSA) is 87.5 Å². The standard InChI is InChI=1S/C10H9BrN2O4S/c1-17-10(14)13(18(15,16)7-6-12)9-4-2-8(11)3-5-9/h2-5H,7H2,1H3. The Kier molecular flexibility index (Phi) is 4.69. The van der Waals surface area contributed by atoms with Crippen LogP contribution in [0.2, 0.25) is 0 Å². The number of hydrogen-bond acceptors (Lipinski definition) is 5. The molecule has 0 atom stereocenters. The van der Waals surface area contributed by atoms with Gasteiger partial charge in [-0.2, -0.15) is 9.57 Å². The van der Waals surface area contributed by atoms with Gasteiger partial charge in [0.25, 0.3) is 10.0 Å². The number of anilines is 1. The number of amides is 1. The molecule has 1 aromatic carbocycles. The summed E-state index contributed by atoms with van der Waals surface area (Å²) >= 11 is 3.19. The number of halogens is 1. The fourth-order valence-corrected chi connectivity index (χ4v) is 2.49. The van der Waals surface area contributed by atoms with Crippen molar-refractivity contribution in [2.75, 3.05) is 17.2 Å². The molecule has 8 heteroatoms. The molecule has 6 nitrogen and oxygen atoms in total. The Labute approximate surface area is 113 Å². The SMILES string of the molecule is COC(=O)N(c1ccc(Br)cc1)S(=O)(=O)CC#N. The first kappa shape index (κ1) is 14.5. The van der Waals surface area contributed by atoms with Crippen LogP contribution in [0.1, 0.15) is 0 Å². The van der Waals surface area contributed by atoms with Gasteiger partial charge < -0.3 is 4.74 Å². The molecule has 0 heterocycles. The van der Waals surface area contributed by atoms with Crippen LogP contribution in [-0.4, -0.2) is 27.4 Å². The van der Waals surface area contributed by atoms with Crippen molar-refractivity contribution in [2.45, 2.75) is 0 Å². The number of benzene rings is 1. The summed E-state index contributed by atoms with van der Waals surface area (Å²) in [5.74, 6) is -0.807. The predicted octanol–water partition coefficient (Wildman–Crippen LogP) is 1.88. The van der Waals surface area contributed by atoms with Gasteiger partial charge in [0.15, 0.2) is 5.75 Å². The van der Waals surface area contributed by atoms with E-state index in [9.17, 15) is 13.2 Å². The lowest BCUT2D eigenvalue weighted by molar-refractivity contribution is 0.183. The number of ether oxygens (including phenoxy) is 1. The summed E-state index contributed by atoms with van der Waals surface area (Å²) in [5.41, 5.74) is 0.111. The first-order valence-corrected chi connectivity index (χ1v) is 7.06. The lowest BCUT2D eigenvalue weighted by Crippen LogP contribution is -2.38. The van der Waals surface area contributed by atoms with E-state index < -0.39 is 21.9 Å². The average Bonchev–Trinajstić information content (AvgIpc) is 2.31. The van der Waals surface area contributed by atoms with E-state index in [0.717, 1.165) is 11.6 Å². The highest BCUT2D eigenvalue weighted by Gasteiger charge is 2.29. The minimum Gasteiger partial charge on any atom is -0.452 e. The molecular weight excluding hydrogens is 324 g/mol. The van der Waals surface area contributed by atoms with Crippen molar-refractivity contribution in [1.82, 2.24) is 0 Å². The Balaban J connectivity index is 3.27. The quantitative estimate of drug-likeness (QED) is 0.843. The van der Waals surface area contributed by atoms with Crippen molar-refractivity contribution < 1.29 is 17.9 Å². The molecule has 0 spiro atoms. The van der Waals surface area contributed by atoms with E-state index in [1.165, 1.54) is 18.2 Å². The molecule has 0 aliphatic heterocycles. The van der Waals surface area contributed by atoms with Gasteiger partial charge in [-0.15, -0.1) is 0 Å². The molecule has 0 N–H and O–H groups in total. The number of nitriles is 1. The fourth-order valence-electron chi connectivity index (χ4n) is 1.19. The maximum Gasteiger partial charge on any atom is 0.428 e. The van der Waals surface area contributed by atoms with E-state index in [1.807, 2.05) is 0 Å². The van der Waals surface area contributed by atoms with Crippen molar-refractivity contribution in [2.24, 2.45) is 0 Å². The number of nitrogens with zero attached hydrogens (tertiary/aromatic N) is 2. The number of carbonyl (C=O) groups is 1.